The third-order valence-electron chi connectivity index (χ3n) is 3.96. The maximum atomic E-state index is 11.8. The van der Waals surface area contributed by atoms with E-state index in [1.807, 2.05) is 33.0 Å². The molecule has 1 fully saturated rings. The number of nitrogens with zero attached hydrogens (tertiary/aromatic N) is 1. The number of aromatic nitrogens is 2. The van der Waals surface area contributed by atoms with E-state index in [1.54, 1.807) is 0 Å². The van der Waals surface area contributed by atoms with Crippen LogP contribution in [0.5, 0.6) is 0 Å². The van der Waals surface area contributed by atoms with Crippen LogP contribution >= 0.6 is 0 Å². The Morgan fingerprint density at radius 3 is 2.87 bits per heavy atom. The molecule has 1 saturated carbocycles. The molecule has 1 heterocycles. The van der Waals surface area contributed by atoms with Gasteiger partial charge in [0.25, 0.3) is 0 Å². The fraction of sp³-hybridized carbons (Fsp3) is 0.529. The predicted octanol–water partition coefficient (Wildman–Crippen LogP) is 3.42. The van der Waals surface area contributed by atoms with E-state index in [-0.39, 0.29) is 12.1 Å². The van der Waals surface area contributed by atoms with Crippen molar-refractivity contribution in [2.45, 2.75) is 57.7 Å². The molecular formula is C17H24N4O2. The molecule has 1 aromatic carbocycles. The molecule has 6 heteroatoms. The van der Waals surface area contributed by atoms with E-state index >= 15 is 0 Å². The number of amides is 1. The SMILES string of the molecule is CC(C)(C)OC(=O)NC1CCC(Nc2ccc3[nH]ncc3c2)C1. The summed E-state index contributed by atoms with van der Waals surface area (Å²) in [6, 6.07) is 6.69. The lowest BCUT2D eigenvalue weighted by Crippen LogP contribution is -2.38. The van der Waals surface area contributed by atoms with Crippen LogP contribution in [0, 0.1) is 0 Å². The number of carbonyl (C=O) groups excluding carboxylic acids is 1. The van der Waals surface area contributed by atoms with Crippen LogP contribution in [0.4, 0.5) is 10.5 Å². The van der Waals surface area contributed by atoms with E-state index in [2.05, 4.69) is 33.0 Å². The van der Waals surface area contributed by atoms with Gasteiger partial charge in [-0.05, 0) is 58.2 Å². The smallest absolute Gasteiger partial charge is 0.407 e. The van der Waals surface area contributed by atoms with Crippen LogP contribution in [0.1, 0.15) is 40.0 Å². The van der Waals surface area contributed by atoms with Crippen molar-refractivity contribution in [1.29, 1.82) is 0 Å². The number of ether oxygens (including phenoxy) is 1. The lowest BCUT2D eigenvalue weighted by Gasteiger charge is -2.22. The van der Waals surface area contributed by atoms with Gasteiger partial charge in [-0.15, -0.1) is 0 Å². The van der Waals surface area contributed by atoms with Crippen LogP contribution in [0.3, 0.4) is 0 Å². The zero-order chi connectivity index (χ0) is 16.4. The molecular weight excluding hydrogens is 292 g/mol. The number of nitrogens with one attached hydrogen (secondary N) is 3. The molecule has 23 heavy (non-hydrogen) atoms. The van der Waals surface area contributed by atoms with Crippen molar-refractivity contribution in [1.82, 2.24) is 15.5 Å². The molecule has 2 unspecified atom stereocenters. The maximum Gasteiger partial charge on any atom is 0.407 e. The Morgan fingerprint density at radius 1 is 1.30 bits per heavy atom. The van der Waals surface area contributed by atoms with E-state index < -0.39 is 5.60 Å². The number of hydrogen-bond donors (Lipinski definition) is 3. The lowest BCUT2D eigenvalue weighted by molar-refractivity contribution is 0.0505. The van der Waals surface area contributed by atoms with Crippen molar-refractivity contribution in [3.8, 4) is 0 Å². The number of hydrogen-bond acceptors (Lipinski definition) is 4. The largest absolute Gasteiger partial charge is 0.444 e. The van der Waals surface area contributed by atoms with E-state index in [4.69, 9.17) is 4.74 Å². The summed E-state index contributed by atoms with van der Waals surface area (Å²) in [4.78, 5) is 11.8. The molecule has 1 aromatic heterocycles. The normalized spacial score (nSPS) is 21.3. The molecule has 0 spiro atoms. The van der Waals surface area contributed by atoms with Crippen molar-refractivity contribution in [3.63, 3.8) is 0 Å². The van der Waals surface area contributed by atoms with E-state index in [0.717, 1.165) is 35.9 Å². The van der Waals surface area contributed by atoms with Crippen LogP contribution in [0.15, 0.2) is 24.4 Å². The fourth-order valence-corrected chi connectivity index (χ4v) is 2.99. The number of H-pyrrole nitrogens is 1. The summed E-state index contributed by atoms with van der Waals surface area (Å²) in [5, 5.41) is 14.6. The fourth-order valence-electron chi connectivity index (χ4n) is 2.99. The highest BCUT2D eigenvalue weighted by Crippen LogP contribution is 2.25. The van der Waals surface area contributed by atoms with E-state index in [0.29, 0.717) is 6.04 Å². The van der Waals surface area contributed by atoms with Gasteiger partial charge in [0, 0.05) is 23.2 Å². The first kappa shape index (κ1) is 15.6. The number of benzene rings is 1. The van der Waals surface area contributed by atoms with Gasteiger partial charge in [0.05, 0.1) is 11.7 Å². The molecule has 2 atom stereocenters. The number of fused-ring (bicyclic) bond motifs is 1. The third-order valence-corrected chi connectivity index (χ3v) is 3.96. The molecule has 2 aromatic rings. The number of alkyl carbamates (subject to hydrolysis) is 1. The molecule has 3 N–H and O–H groups in total. The Bertz CT molecular complexity index is 689. The maximum absolute atomic E-state index is 11.8. The van der Waals surface area contributed by atoms with Gasteiger partial charge in [-0.25, -0.2) is 4.79 Å². The Balaban J connectivity index is 1.52. The highest BCUT2D eigenvalue weighted by Gasteiger charge is 2.27. The van der Waals surface area contributed by atoms with Gasteiger partial charge in [0.1, 0.15) is 5.60 Å². The first-order valence-electron chi connectivity index (χ1n) is 8.08. The van der Waals surface area contributed by atoms with Crippen molar-refractivity contribution >= 4 is 22.7 Å². The zero-order valence-electron chi connectivity index (χ0n) is 13.8. The second-order valence-corrected chi connectivity index (χ2v) is 7.17. The summed E-state index contributed by atoms with van der Waals surface area (Å²) in [5.74, 6) is 0. The summed E-state index contributed by atoms with van der Waals surface area (Å²) >= 11 is 0. The molecule has 124 valence electrons. The summed E-state index contributed by atoms with van der Waals surface area (Å²) in [5.41, 5.74) is 1.66. The van der Waals surface area contributed by atoms with Crippen molar-refractivity contribution in [3.05, 3.63) is 24.4 Å². The molecule has 1 amide bonds. The average molecular weight is 316 g/mol. The quantitative estimate of drug-likeness (QED) is 0.810. The number of aromatic amines is 1. The molecule has 0 radical (unpaired) electrons. The van der Waals surface area contributed by atoms with E-state index in [9.17, 15) is 4.79 Å². The highest BCUT2D eigenvalue weighted by molar-refractivity contribution is 5.81. The second-order valence-electron chi connectivity index (χ2n) is 7.17. The molecule has 1 aliphatic rings. The van der Waals surface area contributed by atoms with Gasteiger partial charge in [-0.2, -0.15) is 5.10 Å². The average Bonchev–Trinajstić information content (AvgIpc) is 3.05. The third kappa shape index (κ3) is 4.15. The second kappa shape index (κ2) is 6.10. The summed E-state index contributed by atoms with van der Waals surface area (Å²) in [6.07, 6.45) is 4.39. The number of rotatable bonds is 3. The van der Waals surface area contributed by atoms with Crippen LogP contribution < -0.4 is 10.6 Å². The van der Waals surface area contributed by atoms with Crippen LogP contribution in [-0.4, -0.2) is 34.0 Å². The number of carbonyl (C=O) groups is 1. The molecule has 1 aliphatic carbocycles. The first-order valence-corrected chi connectivity index (χ1v) is 8.08. The molecule has 0 saturated heterocycles. The summed E-state index contributed by atoms with van der Waals surface area (Å²) in [6.45, 7) is 5.62. The van der Waals surface area contributed by atoms with Gasteiger partial charge in [-0.3, -0.25) is 5.10 Å². The van der Waals surface area contributed by atoms with Gasteiger partial charge >= 0.3 is 6.09 Å². The molecule has 3 rings (SSSR count). The summed E-state index contributed by atoms with van der Waals surface area (Å²) in [7, 11) is 0. The van der Waals surface area contributed by atoms with Crippen molar-refractivity contribution < 1.29 is 9.53 Å². The predicted molar refractivity (Wildman–Crippen MR) is 90.5 cm³/mol. The van der Waals surface area contributed by atoms with Gasteiger partial charge < -0.3 is 15.4 Å². The Labute approximate surface area is 136 Å². The van der Waals surface area contributed by atoms with Gasteiger partial charge in [-0.1, -0.05) is 0 Å². The molecule has 6 nitrogen and oxygen atoms in total. The van der Waals surface area contributed by atoms with Crippen molar-refractivity contribution in [2.75, 3.05) is 5.32 Å². The number of anilines is 1. The molecule has 0 bridgehead atoms. The standard InChI is InChI=1S/C17H24N4O2/c1-17(2,3)23-16(22)20-14-5-4-13(9-14)19-12-6-7-15-11(8-12)10-18-21-15/h6-8,10,13-14,19H,4-5,9H2,1-3H3,(H,18,21)(H,20,22). The Kier molecular flexibility index (Phi) is 4.15. The van der Waals surface area contributed by atoms with E-state index in [1.165, 1.54) is 0 Å². The van der Waals surface area contributed by atoms with Crippen molar-refractivity contribution in [2.24, 2.45) is 0 Å². The van der Waals surface area contributed by atoms with Crippen LogP contribution in [0.25, 0.3) is 10.9 Å². The zero-order valence-corrected chi connectivity index (χ0v) is 13.8. The lowest BCUT2D eigenvalue weighted by atomic mass is 10.2. The Hall–Kier alpha value is -2.24. The monoisotopic (exact) mass is 316 g/mol. The molecule has 0 aliphatic heterocycles. The first-order chi connectivity index (χ1) is 10.9. The topological polar surface area (TPSA) is 79.0 Å². The minimum absolute atomic E-state index is 0.167. The Morgan fingerprint density at radius 2 is 2.09 bits per heavy atom. The van der Waals surface area contributed by atoms with Gasteiger partial charge in [0.2, 0.25) is 0 Å². The minimum atomic E-state index is -0.458. The van der Waals surface area contributed by atoms with Gasteiger partial charge in [0.15, 0.2) is 0 Å². The van der Waals surface area contributed by atoms with Crippen LogP contribution in [0.2, 0.25) is 0 Å². The van der Waals surface area contributed by atoms with Crippen LogP contribution in [-0.2, 0) is 4.74 Å². The highest BCUT2D eigenvalue weighted by atomic mass is 16.6. The minimum Gasteiger partial charge on any atom is -0.444 e. The summed E-state index contributed by atoms with van der Waals surface area (Å²) < 4.78 is 5.31.